The number of benzene rings is 1. The molecule has 1 atom stereocenters. The molecule has 5 heteroatoms. The monoisotopic (exact) mass is 250 g/mol. The summed E-state index contributed by atoms with van der Waals surface area (Å²) in [5, 5.41) is 11.6. The summed E-state index contributed by atoms with van der Waals surface area (Å²) >= 11 is 0. The van der Waals surface area contributed by atoms with Crippen LogP contribution in [0.25, 0.3) is 0 Å². The van der Waals surface area contributed by atoms with Crippen molar-refractivity contribution in [3.05, 3.63) is 35.4 Å². The number of hydrogen-bond acceptors (Lipinski definition) is 3. The van der Waals surface area contributed by atoms with Gasteiger partial charge in [-0.1, -0.05) is 12.1 Å². The lowest BCUT2D eigenvalue weighted by atomic mass is 10.0. The number of carbonyl (C=O) groups excluding carboxylic acids is 1. The van der Waals surface area contributed by atoms with Crippen LogP contribution in [0, 0.1) is 0 Å². The highest BCUT2D eigenvalue weighted by atomic mass is 16.4. The van der Waals surface area contributed by atoms with Crippen LogP contribution in [0.5, 0.6) is 0 Å². The molecule has 0 radical (unpaired) electrons. The van der Waals surface area contributed by atoms with E-state index in [-0.39, 0.29) is 17.5 Å². The van der Waals surface area contributed by atoms with E-state index in [0.717, 1.165) is 5.56 Å². The molecule has 0 fully saturated rings. The number of rotatable bonds is 4. The molecule has 1 amide bonds. The van der Waals surface area contributed by atoms with Crippen molar-refractivity contribution in [2.24, 2.45) is 5.73 Å². The van der Waals surface area contributed by atoms with Crippen molar-refractivity contribution in [3.63, 3.8) is 0 Å². The molecule has 18 heavy (non-hydrogen) atoms. The Morgan fingerprint density at radius 3 is 2.17 bits per heavy atom. The Hall–Kier alpha value is -1.88. The highest BCUT2D eigenvalue weighted by molar-refractivity contribution is 5.87. The van der Waals surface area contributed by atoms with Crippen molar-refractivity contribution in [1.29, 1.82) is 0 Å². The number of carboxylic acids is 1. The van der Waals surface area contributed by atoms with E-state index in [4.69, 9.17) is 10.8 Å². The van der Waals surface area contributed by atoms with Gasteiger partial charge in [-0.25, -0.2) is 4.79 Å². The van der Waals surface area contributed by atoms with Crippen LogP contribution in [0.3, 0.4) is 0 Å². The minimum Gasteiger partial charge on any atom is -0.478 e. The van der Waals surface area contributed by atoms with Crippen molar-refractivity contribution >= 4 is 11.9 Å². The van der Waals surface area contributed by atoms with E-state index in [1.807, 2.05) is 6.92 Å². The first-order valence-electron chi connectivity index (χ1n) is 5.65. The van der Waals surface area contributed by atoms with E-state index in [1.165, 1.54) is 12.1 Å². The van der Waals surface area contributed by atoms with Crippen molar-refractivity contribution in [3.8, 4) is 0 Å². The maximum atomic E-state index is 11.7. The molecule has 1 aromatic rings. The molecule has 0 saturated carbocycles. The van der Waals surface area contributed by atoms with Gasteiger partial charge in [0.1, 0.15) is 0 Å². The molecule has 4 N–H and O–H groups in total. The fraction of sp³-hybridized carbons (Fsp3) is 0.385. The molecule has 0 heterocycles. The largest absolute Gasteiger partial charge is 0.478 e. The second-order valence-electron chi connectivity index (χ2n) is 4.84. The maximum absolute atomic E-state index is 11.7. The molecular weight excluding hydrogens is 232 g/mol. The van der Waals surface area contributed by atoms with Gasteiger partial charge in [0.05, 0.1) is 17.1 Å². The Bertz CT molecular complexity index is 446. The van der Waals surface area contributed by atoms with Gasteiger partial charge in [0, 0.05) is 0 Å². The summed E-state index contributed by atoms with van der Waals surface area (Å²) in [5.41, 5.74) is 5.79. The van der Waals surface area contributed by atoms with E-state index >= 15 is 0 Å². The first-order valence-corrected chi connectivity index (χ1v) is 5.65. The van der Waals surface area contributed by atoms with Gasteiger partial charge in [-0.05, 0) is 38.5 Å². The summed E-state index contributed by atoms with van der Waals surface area (Å²) in [7, 11) is 0. The molecule has 0 spiro atoms. The Kier molecular flexibility index (Phi) is 4.08. The van der Waals surface area contributed by atoms with Crippen molar-refractivity contribution < 1.29 is 14.7 Å². The quantitative estimate of drug-likeness (QED) is 0.751. The first kappa shape index (κ1) is 14.2. The summed E-state index contributed by atoms with van der Waals surface area (Å²) in [4.78, 5) is 22.4. The topological polar surface area (TPSA) is 92.4 Å². The van der Waals surface area contributed by atoms with Crippen LogP contribution >= 0.6 is 0 Å². The van der Waals surface area contributed by atoms with Crippen molar-refractivity contribution in [2.45, 2.75) is 32.4 Å². The summed E-state index contributed by atoms with van der Waals surface area (Å²) in [6.07, 6.45) is 0. The second kappa shape index (κ2) is 5.18. The number of nitrogens with two attached hydrogens (primary N) is 1. The molecule has 1 unspecified atom stereocenters. The standard InChI is InChI=1S/C13H18N2O3/c1-8(15-12(18)13(2,3)14)9-4-6-10(7-5-9)11(16)17/h4-8H,14H2,1-3H3,(H,15,18)(H,16,17). The van der Waals surface area contributed by atoms with E-state index < -0.39 is 11.5 Å². The molecule has 1 aromatic carbocycles. The third-order valence-electron chi connectivity index (χ3n) is 2.59. The molecule has 0 saturated heterocycles. The van der Waals surface area contributed by atoms with Gasteiger partial charge in [0.15, 0.2) is 0 Å². The Balaban J connectivity index is 2.76. The van der Waals surface area contributed by atoms with Crippen LogP contribution in [0.2, 0.25) is 0 Å². The van der Waals surface area contributed by atoms with Crippen LogP contribution in [-0.2, 0) is 4.79 Å². The molecule has 0 aliphatic carbocycles. The van der Waals surface area contributed by atoms with Gasteiger partial charge in [0.25, 0.3) is 0 Å². The fourth-order valence-electron chi connectivity index (χ4n) is 1.38. The highest BCUT2D eigenvalue weighted by Gasteiger charge is 2.23. The van der Waals surface area contributed by atoms with E-state index in [9.17, 15) is 9.59 Å². The third kappa shape index (κ3) is 3.56. The molecule has 1 rings (SSSR count). The smallest absolute Gasteiger partial charge is 0.335 e. The Labute approximate surface area is 106 Å². The lowest BCUT2D eigenvalue weighted by Crippen LogP contribution is -2.49. The lowest BCUT2D eigenvalue weighted by Gasteiger charge is -2.22. The summed E-state index contributed by atoms with van der Waals surface area (Å²) in [6.45, 7) is 5.07. The van der Waals surface area contributed by atoms with Gasteiger partial charge in [-0.15, -0.1) is 0 Å². The number of nitrogens with one attached hydrogen (secondary N) is 1. The normalized spacial score (nSPS) is 12.9. The van der Waals surface area contributed by atoms with Crippen molar-refractivity contribution in [2.75, 3.05) is 0 Å². The number of carboxylic acid groups (broad SMARTS) is 1. The van der Waals surface area contributed by atoms with Gasteiger partial charge >= 0.3 is 5.97 Å². The average Bonchev–Trinajstić information content (AvgIpc) is 2.27. The predicted molar refractivity (Wildman–Crippen MR) is 68.2 cm³/mol. The Morgan fingerprint density at radius 2 is 1.78 bits per heavy atom. The molecule has 0 aliphatic rings. The SMILES string of the molecule is CC(NC(=O)C(C)(C)N)c1ccc(C(=O)O)cc1. The third-order valence-corrected chi connectivity index (χ3v) is 2.59. The fourth-order valence-corrected chi connectivity index (χ4v) is 1.38. The van der Waals surface area contributed by atoms with Crippen molar-refractivity contribution in [1.82, 2.24) is 5.32 Å². The molecule has 0 bridgehead atoms. The maximum Gasteiger partial charge on any atom is 0.335 e. The molecule has 0 aliphatic heterocycles. The van der Waals surface area contributed by atoms with Crippen LogP contribution in [0.1, 0.15) is 42.7 Å². The van der Waals surface area contributed by atoms with Crippen LogP contribution in [0.4, 0.5) is 0 Å². The Morgan fingerprint density at radius 1 is 1.28 bits per heavy atom. The molecule has 98 valence electrons. The van der Waals surface area contributed by atoms with Gasteiger partial charge in [-0.2, -0.15) is 0 Å². The first-order chi connectivity index (χ1) is 8.21. The molecular formula is C13H18N2O3. The minimum atomic E-state index is -0.971. The van der Waals surface area contributed by atoms with E-state index in [0.29, 0.717) is 0 Å². The molecule has 0 aromatic heterocycles. The number of hydrogen-bond donors (Lipinski definition) is 3. The van der Waals surface area contributed by atoms with Gasteiger partial charge in [0.2, 0.25) is 5.91 Å². The van der Waals surface area contributed by atoms with Crippen LogP contribution in [0.15, 0.2) is 24.3 Å². The van der Waals surface area contributed by atoms with Crippen LogP contribution < -0.4 is 11.1 Å². The lowest BCUT2D eigenvalue weighted by molar-refractivity contribution is -0.125. The van der Waals surface area contributed by atoms with Gasteiger partial charge < -0.3 is 16.2 Å². The number of carbonyl (C=O) groups is 2. The predicted octanol–water partition coefficient (Wildman–Crippen LogP) is 1.30. The zero-order chi connectivity index (χ0) is 13.9. The zero-order valence-corrected chi connectivity index (χ0v) is 10.7. The average molecular weight is 250 g/mol. The summed E-state index contributed by atoms with van der Waals surface area (Å²) in [5.74, 6) is -1.22. The highest BCUT2D eigenvalue weighted by Crippen LogP contribution is 2.14. The summed E-state index contributed by atoms with van der Waals surface area (Å²) < 4.78 is 0. The zero-order valence-electron chi connectivity index (χ0n) is 10.7. The van der Waals surface area contributed by atoms with Crippen LogP contribution in [-0.4, -0.2) is 22.5 Å². The minimum absolute atomic E-state index is 0.219. The van der Waals surface area contributed by atoms with Gasteiger partial charge in [-0.3, -0.25) is 4.79 Å². The van der Waals surface area contributed by atoms with E-state index in [1.54, 1.807) is 26.0 Å². The number of amides is 1. The molecule has 5 nitrogen and oxygen atoms in total. The summed E-state index contributed by atoms with van der Waals surface area (Å²) in [6, 6.07) is 6.15. The number of aromatic carboxylic acids is 1. The van der Waals surface area contributed by atoms with E-state index in [2.05, 4.69) is 5.32 Å². The second-order valence-corrected chi connectivity index (χ2v) is 4.84.